The number of hydrogen-bond acceptors (Lipinski definition) is 3. The molecule has 0 atom stereocenters. The topological polar surface area (TPSA) is 43.9 Å². The van der Waals surface area contributed by atoms with Crippen LogP contribution in [0.4, 0.5) is 0 Å². The normalized spacial score (nSPS) is 12.1. The molecule has 0 amide bonds. The van der Waals surface area contributed by atoms with Gasteiger partial charge >= 0.3 is 0 Å². The molecule has 7 rings (SSSR count). The molecule has 0 unspecified atom stereocenters. The van der Waals surface area contributed by atoms with Crippen LogP contribution in [0.2, 0.25) is 0 Å². The van der Waals surface area contributed by atoms with Gasteiger partial charge in [0, 0.05) is 17.0 Å². The zero-order valence-electron chi connectivity index (χ0n) is 21.6. The van der Waals surface area contributed by atoms with Crippen LogP contribution < -0.4 is 0 Å². The predicted octanol–water partition coefficient (Wildman–Crippen LogP) is 8.95. The molecule has 0 aliphatic rings. The Hall–Kier alpha value is -4.70. The van der Waals surface area contributed by atoms with Crippen molar-refractivity contribution in [3.8, 4) is 28.2 Å². The number of benzene rings is 4. The lowest BCUT2D eigenvalue weighted by Crippen LogP contribution is -2.16. The monoisotopic (exact) mass is 493 g/mol. The summed E-state index contributed by atoms with van der Waals surface area (Å²) in [5.41, 5.74) is 9.08. The van der Waals surface area contributed by atoms with Crippen LogP contribution in [0.5, 0.6) is 0 Å². The number of fused-ring (bicyclic) bond motifs is 4. The number of imidazole rings is 1. The molecular formula is C34H27N3O. The van der Waals surface area contributed by atoms with Crippen molar-refractivity contribution in [1.29, 1.82) is 0 Å². The molecule has 0 N–H and O–H groups in total. The van der Waals surface area contributed by atoms with E-state index in [1.165, 1.54) is 16.7 Å². The molecule has 0 saturated carbocycles. The Morgan fingerprint density at radius 1 is 0.711 bits per heavy atom. The van der Waals surface area contributed by atoms with Crippen LogP contribution in [-0.4, -0.2) is 14.5 Å². The zero-order chi connectivity index (χ0) is 25.9. The molecule has 4 nitrogen and oxygen atoms in total. The zero-order valence-corrected chi connectivity index (χ0v) is 21.6. The summed E-state index contributed by atoms with van der Waals surface area (Å²) in [5.74, 6) is 0.855. The Balaban J connectivity index is 1.55. The first kappa shape index (κ1) is 22.5. The van der Waals surface area contributed by atoms with Crippen molar-refractivity contribution in [2.45, 2.75) is 26.2 Å². The molecule has 3 heterocycles. The molecule has 38 heavy (non-hydrogen) atoms. The van der Waals surface area contributed by atoms with Gasteiger partial charge < -0.3 is 4.42 Å². The fourth-order valence-electron chi connectivity index (χ4n) is 5.40. The van der Waals surface area contributed by atoms with E-state index in [4.69, 9.17) is 9.40 Å². The number of hydrogen-bond donors (Lipinski definition) is 0. The Bertz CT molecular complexity index is 1960. The van der Waals surface area contributed by atoms with Crippen molar-refractivity contribution in [2.24, 2.45) is 0 Å². The highest BCUT2D eigenvalue weighted by Gasteiger charge is 2.25. The van der Waals surface area contributed by atoms with Crippen molar-refractivity contribution < 1.29 is 4.42 Å². The second-order valence-corrected chi connectivity index (χ2v) is 10.7. The minimum absolute atomic E-state index is 0.0991. The highest BCUT2D eigenvalue weighted by atomic mass is 16.3. The minimum atomic E-state index is -0.0991. The lowest BCUT2D eigenvalue weighted by molar-refractivity contribution is 0.587. The molecule has 0 aliphatic carbocycles. The van der Waals surface area contributed by atoms with Crippen LogP contribution >= 0.6 is 0 Å². The maximum absolute atomic E-state index is 6.33. The van der Waals surface area contributed by atoms with Gasteiger partial charge in [0.2, 0.25) is 5.71 Å². The second-order valence-electron chi connectivity index (χ2n) is 10.7. The van der Waals surface area contributed by atoms with Crippen LogP contribution in [0.3, 0.4) is 0 Å². The van der Waals surface area contributed by atoms with Crippen LogP contribution in [0.1, 0.15) is 26.3 Å². The molecule has 7 aromatic rings. The van der Waals surface area contributed by atoms with Gasteiger partial charge in [-0.25, -0.2) is 9.97 Å². The van der Waals surface area contributed by atoms with Crippen LogP contribution in [0.15, 0.2) is 114 Å². The number of pyridine rings is 1. The fraction of sp³-hybridized carbons (Fsp3) is 0.118. The highest BCUT2D eigenvalue weighted by Crippen LogP contribution is 2.40. The van der Waals surface area contributed by atoms with E-state index < -0.39 is 0 Å². The van der Waals surface area contributed by atoms with E-state index in [9.17, 15) is 0 Å². The summed E-state index contributed by atoms with van der Waals surface area (Å²) in [6.45, 7) is 6.81. The standard InChI is InChI=1S/C34H27N3O/c1-34(2,3)27-21-23(22-11-5-4-6-12-22)18-19-29(27)37-30-17-8-7-16-28(30)36-32(37)26-14-9-13-24-25-15-10-20-35-33(25)38-31(24)26/h4-21H,1-3H3. The van der Waals surface area contributed by atoms with Gasteiger partial charge in [0.1, 0.15) is 11.4 Å². The van der Waals surface area contributed by atoms with Gasteiger partial charge in [-0.2, -0.15) is 0 Å². The third-order valence-electron chi connectivity index (χ3n) is 7.23. The van der Waals surface area contributed by atoms with Gasteiger partial charge in [-0.1, -0.05) is 81.4 Å². The van der Waals surface area contributed by atoms with E-state index >= 15 is 0 Å². The Kier molecular flexibility index (Phi) is 4.98. The summed E-state index contributed by atoms with van der Waals surface area (Å²) in [6, 6.07) is 35.9. The maximum Gasteiger partial charge on any atom is 0.227 e. The average Bonchev–Trinajstić information content (AvgIpc) is 3.51. The van der Waals surface area contributed by atoms with Gasteiger partial charge in [0.05, 0.1) is 22.3 Å². The molecular weight excluding hydrogens is 466 g/mol. The summed E-state index contributed by atoms with van der Waals surface area (Å²) in [5, 5.41) is 2.05. The van der Waals surface area contributed by atoms with Crippen molar-refractivity contribution in [1.82, 2.24) is 14.5 Å². The lowest BCUT2D eigenvalue weighted by atomic mass is 9.84. The Morgan fingerprint density at radius 3 is 2.34 bits per heavy atom. The van der Waals surface area contributed by atoms with Gasteiger partial charge in [-0.3, -0.25) is 4.57 Å². The summed E-state index contributed by atoms with van der Waals surface area (Å²) in [7, 11) is 0. The SMILES string of the molecule is CC(C)(C)c1cc(-c2ccccc2)ccc1-n1c(-c2cccc3c2oc2ncccc23)nc2ccccc21. The predicted molar refractivity (Wildman–Crippen MR) is 156 cm³/mol. The highest BCUT2D eigenvalue weighted by molar-refractivity contribution is 6.08. The number of para-hydroxylation sites is 3. The molecule has 0 saturated heterocycles. The fourth-order valence-corrected chi connectivity index (χ4v) is 5.40. The molecule has 0 spiro atoms. The second kappa shape index (κ2) is 8.42. The molecule has 184 valence electrons. The van der Waals surface area contributed by atoms with E-state index in [1.807, 2.05) is 12.1 Å². The molecule has 3 aromatic heterocycles. The molecule has 4 aromatic carbocycles. The minimum Gasteiger partial charge on any atom is -0.437 e. The van der Waals surface area contributed by atoms with Gasteiger partial charge in [0.15, 0.2) is 0 Å². The third kappa shape index (κ3) is 3.52. The van der Waals surface area contributed by atoms with E-state index in [0.717, 1.165) is 44.5 Å². The van der Waals surface area contributed by atoms with Crippen molar-refractivity contribution in [3.05, 3.63) is 115 Å². The average molecular weight is 494 g/mol. The molecule has 4 heteroatoms. The van der Waals surface area contributed by atoms with E-state index in [0.29, 0.717) is 5.71 Å². The largest absolute Gasteiger partial charge is 0.437 e. The summed E-state index contributed by atoms with van der Waals surface area (Å²) < 4.78 is 8.63. The molecule has 0 bridgehead atoms. The van der Waals surface area contributed by atoms with Gasteiger partial charge in [-0.15, -0.1) is 0 Å². The van der Waals surface area contributed by atoms with Crippen molar-refractivity contribution in [2.75, 3.05) is 0 Å². The number of nitrogens with zero attached hydrogens (tertiary/aromatic N) is 3. The summed E-state index contributed by atoms with van der Waals surface area (Å²) in [4.78, 5) is 9.63. The Morgan fingerprint density at radius 2 is 1.50 bits per heavy atom. The van der Waals surface area contributed by atoms with Crippen molar-refractivity contribution in [3.63, 3.8) is 0 Å². The van der Waals surface area contributed by atoms with Crippen LogP contribution in [0.25, 0.3) is 61.3 Å². The molecule has 0 fully saturated rings. The Labute approximate surface area is 221 Å². The maximum atomic E-state index is 6.33. The van der Waals surface area contributed by atoms with E-state index in [2.05, 4.69) is 121 Å². The number of aromatic nitrogens is 3. The van der Waals surface area contributed by atoms with Crippen LogP contribution in [-0.2, 0) is 5.41 Å². The molecule has 0 aliphatic heterocycles. The van der Waals surface area contributed by atoms with Gasteiger partial charge in [0.25, 0.3) is 0 Å². The first-order valence-electron chi connectivity index (χ1n) is 12.9. The molecule has 0 radical (unpaired) electrons. The van der Waals surface area contributed by atoms with E-state index in [1.54, 1.807) is 6.20 Å². The van der Waals surface area contributed by atoms with Gasteiger partial charge in [-0.05, 0) is 64.6 Å². The number of furan rings is 1. The van der Waals surface area contributed by atoms with Crippen molar-refractivity contribution >= 4 is 33.1 Å². The smallest absolute Gasteiger partial charge is 0.227 e. The number of rotatable bonds is 3. The first-order valence-corrected chi connectivity index (χ1v) is 12.9. The summed E-state index contributed by atoms with van der Waals surface area (Å²) in [6.07, 6.45) is 1.77. The van der Waals surface area contributed by atoms with E-state index in [-0.39, 0.29) is 5.41 Å². The lowest BCUT2D eigenvalue weighted by Gasteiger charge is -2.25. The third-order valence-corrected chi connectivity index (χ3v) is 7.23. The first-order chi connectivity index (χ1) is 18.5. The summed E-state index contributed by atoms with van der Waals surface area (Å²) >= 11 is 0. The quantitative estimate of drug-likeness (QED) is 0.247. The van der Waals surface area contributed by atoms with Crippen LogP contribution in [0, 0.1) is 0 Å².